The van der Waals surface area contributed by atoms with Crippen LogP contribution in [0.4, 0.5) is 0 Å². The first-order valence-corrected chi connectivity index (χ1v) is 7.53. The van der Waals surface area contributed by atoms with E-state index in [0.29, 0.717) is 25.9 Å². The molecule has 1 aromatic carbocycles. The van der Waals surface area contributed by atoms with E-state index in [1.807, 2.05) is 30.3 Å². The number of ether oxygens (including phenoxy) is 1. The highest BCUT2D eigenvalue weighted by Gasteiger charge is 2.08. The molecule has 0 unspecified atom stereocenters. The van der Waals surface area contributed by atoms with Crippen LogP contribution >= 0.6 is 0 Å². The average molecular weight is 331 g/mol. The van der Waals surface area contributed by atoms with Crippen LogP contribution in [-0.2, 0) is 16.0 Å². The molecule has 0 bridgehead atoms. The zero-order valence-corrected chi connectivity index (χ0v) is 13.5. The molecular weight excluding hydrogens is 310 g/mol. The van der Waals surface area contributed by atoms with Crippen LogP contribution in [-0.4, -0.2) is 37.2 Å². The third-order valence-electron chi connectivity index (χ3n) is 3.18. The summed E-state index contributed by atoms with van der Waals surface area (Å²) in [6.07, 6.45) is 2.41. The van der Waals surface area contributed by atoms with Crippen molar-refractivity contribution in [3.05, 3.63) is 41.6 Å². The van der Waals surface area contributed by atoms with Crippen molar-refractivity contribution in [2.75, 3.05) is 20.2 Å². The Labute approximate surface area is 140 Å². The van der Waals surface area contributed by atoms with Gasteiger partial charge in [0.1, 0.15) is 17.4 Å². The third-order valence-corrected chi connectivity index (χ3v) is 3.18. The minimum Gasteiger partial charge on any atom is -0.497 e. The molecule has 24 heavy (non-hydrogen) atoms. The number of nitrogens with zero attached hydrogens (tertiary/aromatic N) is 1. The Kier molecular flexibility index (Phi) is 8.47. The number of hydrogen-bond acceptors (Lipinski definition) is 5. The molecular formula is C17H21N3O4. The summed E-state index contributed by atoms with van der Waals surface area (Å²) in [7, 11) is 1.60. The van der Waals surface area contributed by atoms with Gasteiger partial charge >= 0.3 is 5.97 Å². The number of carbonyl (C=O) groups is 2. The summed E-state index contributed by atoms with van der Waals surface area (Å²) in [4.78, 5) is 22.2. The molecule has 0 heterocycles. The number of methoxy groups -OCH3 is 1. The largest absolute Gasteiger partial charge is 0.497 e. The first-order valence-electron chi connectivity index (χ1n) is 7.53. The maximum Gasteiger partial charge on any atom is 0.303 e. The summed E-state index contributed by atoms with van der Waals surface area (Å²) in [6, 6.07) is 9.34. The summed E-state index contributed by atoms with van der Waals surface area (Å²) in [6.45, 7) is 0.791. The van der Waals surface area contributed by atoms with Crippen LogP contribution in [0.2, 0.25) is 0 Å². The van der Waals surface area contributed by atoms with Crippen molar-refractivity contribution in [3.8, 4) is 11.8 Å². The normalized spacial score (nSPS) is 10.6. The molecule has 0 aliphatic heterocycles. The molecule has 0 aromatic heterocycles. The van der Waals surface area contributed by atoms with Gasteiger partial charge in [0.2, 0.25) is 0 Å². The van der Waals surface area contributed by atoms with Gasteiger partial charge in [-0.15, -0.1) is 0 Å². The Balaban J connectivity index is 2.35. The summed E-state index contributed by atoms with van der Waals surface area (Å²) >= 11 is 0. The van der Waals surface area contributed by atoms with Gasteiger partial charge in [-0.1, -0.05) is 12.1 Å². The zero-order valence-electron chi connectivity index (χ0n) is 13.5. The number of amides is 1. The van der Waals surface area contributed by atoms with Crippen molar-refractivity contribution in [3.63, 3.8) is 0 Å². The smallest absolute Gasteiger partial charge is 0.303 e. The molecule has 3 N–H and O–H groups in total. The lowest BCUT2D eigenvalue weighted by Gasteiger charge is -2.06. The highest BCUT2D eigenvalue weighted by atomic mass is 16.5. The SMILES string of the molecule is COc1ccc(CCNC(=O)/C(C#N)=C\NCCCC(=O)O)cc1. The fraction of sp³-hybridized carbons (Fsp3) is 0.353. The van der Waals surface area contributed by atoms with Gasteiger partial charge in [-0.05, 0) is 30.5 Å². The number of rotatable bonds is 10. The van der Waals surface area contributed by atoms with Gasteiger partial charge in [0.25, 0.3) is 5.91 Å². The van der Waals surface area contributed by atoms with Gasteiger partial charge in [0.15, 0.2) is 0 Å². The Morgan fingerprint density at radius 1 is 1.29 bits per heavy atom. The Bertz CT molecular complexity index is 618. The lowest BCUT2D eigenvalue weighted by Crippen LogP contribution is -2.27. The molecule has 0 aliphatic carbocycles. The number of carboxylic acids is 1. The molecule has 0 spiro atoms. The van der Waals surface area contributed by atoms with Gasteiger partial charge in [-0.3, -0.25) is 9.59 Å². The topological polar surface area (TPSA) is 111 Å². The van der Waals surface area contributed by atoms with Crippen molar-refractivity contribution < 1.29 is 19.4 Å². The highest BCUT2D eigenvalue weighted by molar-refractivity contribution is 5.97. The van der Waals surface area contributed by atoms with E-state index in [4.69, 9.17) is 15.1 Å². The molecule has 0 atom stereocenters. The predicted octanol–water partition coefficient (Wildman–Crippen LogP) is 1.22. The Morgan fingerprint density at radius 3 is 2.58 bits per heavy atom. The number of nitriles is 1. The second-order valence-electron chi connectivity index (χ2n) is 4.98. The summed E-state index contributed by atoms with van der Waals surface area (Å²) < 4.78 is 5.07. The van der Waals surface area contributed by atoms with Crippen LogP contribution in [0, 0.1) is 11.3 Å². The van der Waals surface area contributed by atoms with Gasteiger partial charge < -0.3 is 20.5 Å². The van der Waals surface area contributed by atoms with Gasteiger partial charge in [-0.25, -0.2) is 0 Å². The minimum atomic E-state index is -0.877. The second kappa shape index (κ2) is 10.7. The number of carboxylic acid groups (broad SMARTS) is 1. The monoisotopic (exact) mass is 331 g/mol. The Morgan fingerprint density at radius 2 is 2.00 bits per heavy atom. The first kappa shape index (κ1) is 19.0. The quantitative estimate of drug-likeness (QED) is 0.338. The maximum absolute atomic E-state index is 11.9. The van der Waals surface area contributed by atoms with Crippen LogP contribution in [0.25, 0.3) is 0 Å². The minimum absolute atomic E-state index is 0.0385. The molecule has 0 saturated carbocycles. The predicted molar refractivity (Wildman–Crippen MR) is 88.3 cm³/mol. The fourth-order valence-electron chi connectivity index (χ4n) is 1.87. The third kappa shape index (κ3) is 7.31. The number of hydrogen-bond donors (Lipinski definition) is 3. The molecule has 0 radical (unpaired) electrons. The van der Waals surface area contributed by atoms with E-state index in [-0.39, 0.29) is 12.0 Å². The second-order valence-corrected chi connectivity index (χ2v) is 4.98. The summed E-state index contributed by atoms with van der Waals surface area (Å²) in [5.74, 6) is -0.569. The van der Waals surface area contributed by atoms with Crippen molar-refractivity contribution in [2.45, 2.75) is 19.3 Å². The fourth-order valence-corrected chi connectivity index (χ4v) is 1.87. The van der Waals surface area contributed by atoms with Gasteiger partial charge in [0.05, 0.1) is 7.11 Å². The molecule has 1 aromatic rings. The van der Waals surface area contributed by atoms with E-state index < -0.39 is 11.9 Å². The van der Waals surface area contributed by atoms with E-state index in [1.165, 1.54) is 6.20 Å². The number of aliphatic carboxylic acids is 1. The lowest BCUT2D eigenvalue weighted by molar-refractivity contribution is -0.137. The summed E-state index contributed by atoms with van der Waals surface area (Å²) in [5, 5.41) is 22.9. The van der Waals surface area contributed by atoms with Crippen molar-refractivity contribution in [1.82, 2.24) is 10.6 Å². The van der Waals surface area contributed by atoms with Crippen LogP contribution in [0.15, 0.2) is 36.0 Å². The molecule has 7 nitrogen and oxygen atoms in total. The van der Waals surface area contributed by atoms with Crippen molar-refractivity contribution >= 4 is 11.9 Å². The van der Waals surface area contributed by atoms with Crippen LogP contribution < -0.4 is 15.4 Å². The summed E-state index contributed by atoms with van der Waals surface area (Å²) in [5.41, 5.74) is 1.01. The molecule has 0 aliphatic rings. The van der Waals surface area contributed by atoms with Gasteiger partial charge in [0, 0.05) is 25.7 Å². The molecule has 0 fully saturated rings. The van der Waals surface area contributed by atoms with Crippen molar-refractivity contribution in [2.24, 2.45) is 0 Å². The van der Waals surface area contributed by atoms with E-state index in [0.717, 1.165) is 11.3 Å². The van der Waals surface area contributed by atoms with Gasteiger partial charge in [-0.2, -0.15) is 5.26 Å². The number of carbonyl (C=O) groups excluding carboxylic acids is 1. The highest BCUT2D eigenvalue weighted by Crippen LogP contribution is 2.11. The van der Waals surface area contributed by atoms with Crippen LogP contribution in [0.5, 0.6) is 5.75 Å². The molecule has 0 saturated heterocycles. The van der Waals surface area contributed by atoms with E-state index in [9.17, 15) is 9.59 Å². The number of benzene rings is 1. The molecule has 1 rings (SSSR count). The van der Waals surface area contributed by atoms with E-state index in [2.05, 4.69) is 10.6 Å². The van der Waals surface area contributed by atoms with E-state index in [1.54, 1.807) is 7.11 Å². The van der Waals surface area contributed by atoms with Crippen LogP contribution in [0.1, 0.15) is 18.4 Å². The van der Waals surface area contributed by atoms with Crippen LogP contribution in [0.3, 0.4) is 0 Å². The van der Waals surface area contributed by atoms with Crippen molar-refractivity contribution in [1.29, 1.82) is 5.26 Å². The lowest BCUT2D eigenvalue weighted by atomic mass is 10.1. The standard InChI is InChI=1S/C17H21N3O4/c1-24-15-6-4-13(5-7-15)8-10-20-17(23)14(11-18)12-19-9-2-3-16(21)22/h4-7,12,19H,2-3,8-10H2,1H3,(H,20,23)(H,21,22)/b14-12-. The van der Waals surface area contributed by atoms with E-state index >= 15 is 0 Å². The molecule has 7 heteroatoms. The number of nitrogens with one attached hydrogen (secondary N) is 2. The average Bonchev–Trinajstić information content (AvgIpc) is 2.58. The first-order chi connectivity index (χ1) is 11.6. The maximum atomic E-state index is 11.9. The molecule has 1 amide bonds. The zero-order chi connectivity index (χ0) is 17.8. The molecule has 128 valence electrons. The Hall–Kier alpha value is -3.01.